The van der Waals surface area contributed by atoms with Crippen LogP contribution in [-0.2, 0) is 11.2 Å². The Labute approximate surface area is 129 Å². The zero-order valence-corrected chi connectivity index (χ0v) is 13.9. The van der Waals surface area contributed by atoms with Crippen LogP contribution in [0.15, 0.2) is 22.7 Å². The molecule has 1 aromatic carbocycles. The first-order valence-corrected chi connectivity index (χ1v) is 7.87. The van der Waals surface area contributed by atoms with Crippen LogP contribution in [0.3, 0.4) is 0 Å². The molecule has 1 N–H and O–H groups in total. The van der Waals surface area contributed by atoms with Gasteiger partial charge in [0.05, 0.1) is 7.11 Å². The molecule has 20 heavy (non-hydrogen) atoms. The maximum atomic E-state index is 11.7. The molecule has 0 saturated carbocycles. The lowest BCUT2D eigenvalue weighted by Crippen LogP contribution is -2.44. The Balaban J connectivity index is 2.26. The molecule has 2 rings (SSSR count). The number of amides is 1. The van der Waals surface area contributed by atoms with Gasteiger partial charge < -0.3 is 10.1 Å². The molecule has 1 aliphatic rings. The molecular weight excluding hydrogens is 318 g/mol. The highest BCUT2D eigenvalue weighted by Crippen LogP contribution is 2.34. The predicted octanol–water partition coefficient (Wildman–Crippen LogP) is 3.70. The number of hydrogen-bond donors (Lipinski definition) is 1. The molecule has 1 fully saturated rings. The highest BCUT2D eigenvalue weighted by atomic mass is 79.9. The Bertz CT molecular complexity index is 501. The number of ether oxygens (including phenoxy) is 1. The van der Waals surface area contributed by atoms with Gasteiger partial charge in [0.25, 0.3) is 0 Å². The van der Waals surface area contributed by atoms with Gasteiger partial charge in [-0.15, -0.1) is 0 Å². The second kappa shape index (κ2) is 6.17. The minimum atomic E-state index is -0.111. The van der Waals surface area contributed by atoms with Crippen molar-refractivity contribution in [3.05, 3.63) is 28.2 Å². The molecule has 4 heteroatoms. The van der Waals surface area contributed by atoms with Crippen molar-refractivity contribution in [2.45, 2.75) is 45.1 Å². The lowest BCUT2D eigenvalue weighted by atomic mass is 9.82. The molecule has 1 amide bonds. The predicted molar refractivity (Wildman–Crippen MR) is 84.0 cm³/mol. The smallest absolute Gasteiger partial charge is 0.220 e. The monoisotopic (exact) mass is 339 g/mol. The summed E-state index contributed by atoms with van der Waals surface area (Å²) in [6.45, 7) is 4.40. The summed E-state index contributed by atoms with van der Waals surface area (Å²) in [5.74, 6) is 1.58. The zero-order valence-electron chi connectivity index (χ0n) is 12.3. The van der Waals surface area contributed by atoms with Crippen molar-refractivity contribution in [3.8, 4) is 5.75 Å². The highest BCUT2D eigenvalue weighted by molar-refractivity contribution is 9.10. The van der Waals surface area contributed by atoms with Crippen LogP contribution >= 0.6 is 15.9 Å². The Morgan fingerprint density at radius 2 is 2.20 bits per heavy atom. The molecule has 1 unspecified atom stereocenters. The van der Waals surface area contributed by atoms with E-state index >= 15 is 0 Å². The van der Waals surface area contributed by atoms with Crippen LogP contribution in [0.2, 0.25) is 0 Å². The van der Waals surface area contributed by atoms with E-state index in [-0.39, 0.29) is 11.4 Å². The van der Waals surface area contributed by atoms with Gasteiger partial charge in [0, 0.05) is 16.4 Å². The SMILES string of the molecule is COc1ccc(Br)c(CC2(CC(C)C)CCC(=O)N2)c1. The maximum absolute atomic E-state index is 11.7. The van der Waals surface area contributed by atoms with E-state index in [0.29, 0.717) is 12.3 Å². The summed E-state index contributed by atoms with van der Waals surface area (Å²) in [5, 5.41) is 3.21. The van der Waals surface area contributed by atoms with E-state index in [1.54, 1.807) is 7.11 Å². The third-order valence-corrected chi connectivity index (χ3v) is 4.59. The van der Waals surface area contributed by atoms with Crippen molar-refractivity contribution in [3.63, 3.8) is 0 Å². The molecule has 0 radical (unpaired) electrons. The van der Waals surface area contributed by atoms with Crippen molar-refractivity contribution in [1.29, 1.82) is 0 Å². The van der Waals surface area contributed by atoms with E-state index in [1.165, 1.54) is 5.56 Å². The fourth-order valence-electron chi connectivity index (χ4n) is 3.09. The summed E-state index contributed by atoms with van der Waals surface area (Å²) >= 11 is 3.60. The number of methoxy groups -OCH3 is 1. The van der Waals surface area contributed by atoms with Gasteiger partial charge in [-0.1, -0.05) is 29.8 Å². The maximum Gasteiger partial charge on any atom is 0.220 e. The number of rotatable bonds is 5. The Hall–Kier alpha value is -1.03. The topological polar surface area (TPSA) is 38.3 Å². The fourth-order valence-corrected chi connectivity index (χ4v) is 3.48. The second-order valence-electron chi connectivity index (χ2n) is 6.06. The molecule has 0 bridgehead atoms. The molecule has 1 heterocycles. The first kappa shape index (κ1) is 15.4. The van der Waals surface area contributed by atoms with E-state index in [4.69, 9.17) is 4.74 Å². The average molecular weight is 340 g/mol. The van der Waals surface area contributed by atoms with Gasteiger partial charge in [-0.2, -0.15) is 0 Å². The third kappa shape index (κ3) is 3.54. The summed E-state index contributed by atoms with van der Waals surface area (Å²) in [7, 11) is 1.67. The number of carbonyl (C=O) groups excluding carboxylic acids is 1. The van der Waals surface area contributed by atoms with Gasteiger partial charge in [0.1, 0.15) is 5.75 Å². The molecule has 1 aliphatic heterocycles. The summed E-state index contributed by atoms with van der Waals surface area (Å²) in [6, 6.07) is 6.00. The van der Waals surface area contributed by atoms with E-state index in [2.05, 4.69) is 41.2 Å². The number of hydrogen-bond acceptors (Lipinski definition) is 2. The lowest BCUT2D eigenvalue weighted by molar-refractivity contribution is -0.119. The molecule has 1 atom stereocenters. The molecule has 110 valence electrons. The van der Waals surface area contributed by atoms with Gasteiger partial charge in [0.2, 0.25) is 5.91 Å². The standard InChI is InChI=1S/C16H22BrNO2/c1-11(2)9-16(7-6-15(19)18-16)10-12-8-13(20-3)4-5-14(12)17/h4-5,8,11H,6-7,9-10H2,1-3H3,(H,18,19). The van der Waals surface area contributed by atoms with Crippen LogP contribution in [0.25, 0.3) is 0 Å². The van der Waals surface area contributed by atoms with Crippen molar-refractivity contribution in [2.24, 2.45) is 5.92 Å². The molecular formula is C16H22BrNO2. The van der Waals surface area contributed by atoms with Crippen LogP contribution in [0.4, 0.5) is 0 Å². The summed E-state index contributed by atoms with van der Waals surface area (Å²) < 4.78 is 6.37. The number of halogens is 1. The van der Waals surface area contributed by atoms with E-state index in [9.17, 15) is 4.79 Å². The molecule has 3 nitrogen and oxygen atoms in total. The minimum Gasteiger partial charge on any atom is -0.497 e. The van der Waals surface area contributed by atoms with Gasteiger partial charge in [-0.3, -0.25) is 4.79 Å². The minimum absolute atomic E-state index is 0.111. The molecule has 1 saturated heterocycles. The van der Waals surface area contributed by atoms with Crippen LogP contribution in [0, 0.1) is 5.92 Å². The van der Waals surface area contributed by atoms with Crippen molar-refractivity contribution < 1.29 is 9.53 Å². The highest BCUT2D eigenvalue weighted by Gasteiger charge is 2.38. The molecule has 0 aromatic heterocycles. The van der Waals surface area contributed by atoms with Crippen LogP contribution in [0.1, 0.15) is 38.7 Å². The zero-order chi connectivity index (χ0) is 14.8. The first-order chi connectivity index (χ1) is 9.44. The normalized spacial score (nSPS) is 22.1. The summed E-state index contributed by atoms with van der Waals surface area (Å²) in [5.41, 5.74) is 1.08. The largest absolute Gasteiger partial charge is 0.497 e. The van der Waals surface area contributed by atoms with Crippen LogP contribution in [-0.4, -0.2) is 18.6 Å². The van der Waals surface area contributed by atoms with Crippen LogP contribution < -0.4 is 10.1 Å². The lowest BCUT2D eigenvalue weighted by Gasteiger charge is -2.31. The Morgan fingerprint density at radius 1 is 1.45 bits per heavy atom. The van der Waals surface area contributed by atoms with Gasteiger partial charge >= 0.3 is 0 Å². The molecule has 0 aliphatic carbocycles. The van der Waals surface area contributed by atoms with Crippen LogP contribution in [0.5, 0.6) is 5.75 Å². The first-order valence-electron chi connectivity index (χ1n) is 7.07. The van der Waals surface area contributed by atoms with E-state index in [0.717, 1.165) is 29.5 Å². The Morgan fingerprint density at radius 3 is 2.75 bits per heavy atom. The number of carbonyl (C=O) groups is 1. The number of benzene rings is 1. The van der Waals surface area contributed by atoms with E-state index in [1.807, 2.05) is 12.1 Å². The van der Waals surface area contributed by atoms with Crippen molar-refractivity contribution >= 4 is 21.8 Å². The molecule has 1 aromatic rings. The van der Waals surface area contributed by atoms with Gasteiger partial charge in [-0.05, 0) is 48.9 Å². The van der Waals surface area contributed by atoms with Gasteiger partial charge in [-0.25, -0.2) is 0 Å². The van der Waals surface area contributed by atoms with Crippen molar-refractivity contribution in [2.75, 3.05) is 7.11 Å². The average Bonchev–Trinajstić information content (AvgIpc) is 2.72. The molecule has 0 spiro atoms. The van der Waals surface area contributed by atoms with Crippen molar-refractivity contribution in [1.82, 2.24) is 5.32 Å². The third-order valence-electron chi connectivity index (χ3n) is 3.82. The van der Waals surface area contributed by atoms with Gasteiger partial charge in [0.15, 0.2) is 0 Å². The van der Waals surface area contributed by atoms with E-state index < -0.39 is 0 Å². The summed E-state index contributed by atoms with van der Waals surface area (Å²) in [4.78, 5) is 11.7. The Kier molecular flexibility index (Phi) is 4.74. The second-order valence-corrected chi connectivity index (χ2v) is 6.91. The quantitative estimate of drug-likeness (QED) is 0.888. The number of nitrogens with one attached hydrogen (secondary N) is 1. The fraction of sp³-hybridized carbons (Fsp3) is 0.562. The summed E-state index contributed by atoms with van der Waals surface area (Å²) in [6.07, 6.45) is 3.39.